The minimum Gasteiger partial charge on any atom is -0.363 e. The quantitative estimate of drug-likeness (QED) is 0.517. The molecule has 1 unspecified atom stereocenters. The van der Waals surface area contributed by atoms with Crippen LogP contribution in [0.5, 0.6) is 0 Å². The first-order valence-corrected chi connectivity index (χ1v) is 7.40. The van der Waals surface area contributed by atoms with Crippen molar-refractivity contribution >= 4 is 11.6 Å². The van der Waals surface area contributed by atoms with E-state index in [-0.39, 0.29) is 12.2 Å². The first kappa shape index (κ1) is 17.9. The Labute approximate surface area is 132 Å². The number of carbonyl (C=O) groups is 1. The molecule has 1 amide bonds. The molecule has 1 aliphatic rings. The van der Waals surface area contributed by atoms with Crippen LogP contribution in [0.4, 0.5) is 0 Å². The second-order valence-electron chi connectivity index (χ2n) is 4.68. The van der Waals surface area contributed by atoms with Gasteiger partial charge in [-0.3, -0.25) is 4.79 Å². The predicted octanol–water partition coefficient (Wildman–Crippen LogP) is 2.68. The zero-order valence-corrected chi connectivity index (χ0v) is 13.1. The van der Waals surface area contributed by atoms with E-state index in [2.05, 4.69) is 23.6 Å². The van der Waals surface area contributed by atoms with Crippen LogP contribution >= 0.6 is 0 Å². The molecule has 1 N–H and O–H groups in total. The number of hydrogen-bond donors (Lipinski definition) is 1. The molecule has 0 spiro atoms. The van der Waals surface area contributed by atoms with E-state index in [4.69, 9.17) is 9.57 Å². The highest BCUT2D eigenvalue weighted by Gasteiger charge is 2.17. The molecule has 1 fully saturated rings. The zero-order valence-electron chi connectivity index (χ0n) is 13.1. The number of hydrogen-bond acceptors (Lipinski definition) is 4. The highest BCUT2D eigenvalue weighted by molar-refractivity contribution is 6.39. The Morgan fingerprint density at radius 3 is 2.68 bits per heavy atom. The summed E-state index contributed by atoms with van der Waals surface area (Å²) in [6, 6.07) is 9.71. The average Bonchev–Trinajstić information content (AvgIpc) is 2.61. The monoisotopic (exact) mass is 304 g/mol. The van der Waals surface area contributed by atoms with Gasteiger partial charge in [0.1, 0.15) is 5.71 Å². The minimum atomic E-state index is -0.334. The third kappa shape index (κ3) is 6.10. The average molecular weight is 304 g/mol. The van der Waals surface area contributed by atoms with Gasteiger partial charge in [-0.2, -0.15) is 0 Å². The molecule has 1 aliphatic heterocycles. The Bertz CT molecular complexity index is 468. The molecule has 2 rings (SSSR count). The van der Waals surface area contributed by atoms with Gasteiger partial charge in [-0.25, -0.2) is 0 Å². The summed E-state index contributed by atoms with van der Waals surface area (Å²) >= 11 is 0. The van der Waals surface area contributed by atoms with Gasteiger partial charge in [0.15, 0.2) is 0 Å². The smallest absolute Gasteiger partial charge is 0.269 e. The van der Waals surface area contributed by atoms with Gasteiger partial charge in [-0.15, -0.1) is 13.2 Å². The van der Waals surface area contributed by atoms with Crippen LogP contribution in [0.3, 0.4) is 0 Å². The molecule has 0 saturated carbocycles. The van der Waals surface area contributed by atoms with E-state index in [9.17, 15) is 4.79 Å². The van der Waals surface area contributed by atoms with Crippen molar-refractivity contribution in [1.82, 2.24) is 5.32 Å². The van der Waals surface area contributed by atoms with Gasteiger partial charge in [-0.1, -0.05) is 35.5 Å². The summed E-state index contributed by atoms with van der Waals surface area (Å²) in [5.74, 6) is -0.232. The van der Waals surface area contributed by atoms with Gasteiger partial charge in [-0.05, 0) is 18.4 Å². The SMILES string of the molecule is C=C.CNC(=O)/C(Cc1ccccc1)=N\OC1CCCCO1. The Morgan fingerprint density at radius 1 is 1.36 bits per heavy atom. The van der Waals surface area contributed by atoms with Gasteiger partial charge in [0.2, 0.25) is 6.29 Å². The lowest BCUT2D eigenvalue weighted by Crippen LogP contribution is -2.30. The molecule has 1 aromatic rings. The van der Waals surface area contributed by atoms with Gasteiger partial charge in [0.05, 0.1) is 6.61 Å². The van der Waals surface area contributed by atoms with E-state index in [1.54, 1.807) is 7.05 Å². The summed E-state index contributed by atoms with van der Waals surface area (Å²) in [4.78, 5) is 17.2. The maximum absolute atomic E-state index is 11.8. The van der Waals surface area contributed by atoms with Crippen molar-refractivity contribution in [1.29, 1.82) is 0 Å². The van der Waals surface area contributed by atoms with Gasteiger partial charge >= 0.3 is 0 Å². The molecule has 0 radical (unpaired) electrons. The summed E-state index contributed by atoms with van der Waals surface area (Å²) < 4.78 is 5.43. The first-order chi connectivity index (χ1) is 10.8. The summed E-state index contributed by atoms with van der Waals surface area (Å²) in [5.41, 5.74) is 1.37. The molecule has 1 atom stereocenters. The first-order valence-electron chi connectivity index (χ1n) is 7.40. The van der Waals surface area contributed by atoms with Crippen molar-refractivity contribution in [2.45, 2.75) is 32.0 Å². The van der Waals surface area contributed by atoms with E-state index in [1.165, 1.54) is 0 Å². The highest BCUT2D eigenvalue weighted by atomic mass is 16.8. The molecule has 0 bridgehead atoms. The lowest BCUT2D eigenvalue weighted by Gasteiger charge is -2.20. The van der Waals surface area contributed by atoms with Crippen molar-refractivity contribution in [2.75, 3.05) is 13.7 Å². The number of amides is 1. The van der Waals surface area contributed by atoms with Crippen LogP contribution in [-0.4, -0.2) is 31.6 Å². The summed E-state index contributed by atoms with van der Waals surface area (Å²) in [5, 5.41) is 6.58. The second-order valence-corrected chi connectivity index (χ2v) is 4.68. The Morgan fingerprint density at radius 2 is 2.09 bits per heavy atom. The molecule has 1 aromatic carbocycles. The van der Waals surface area contributed by atoms with E-state index in [0.717, 1.165) is 24.8 Å². The summed E-state index contributed by atoms with van der Waals surface area (Å²) in [6.07, 6.45) is 3.03. The molecular formula is C17H24N2O3. The second kappa shape index (κ2) is 10.6. The van der Waals surface area contributed by atoms with Crippen LogP contribution in [0, 0.1) is 0 Å². The molecule has 1 saturated heterocycles. The lowest BCUT2D eigenvalue weighted by atomic mass is 10.1. The number of nitrogens with zero attached hydrogens (tertiary/aromatic N) is 1. The lowest BCUT2D eigenvalue weighted by molar-refractivity contribution is -0.162. The molecule has 5 nitrogen and oxygen atoms in total. The molecule has 5 heteroatoms. The predicted molar refractivity (Wildman–Crippen MR) is 87.6 cm³/mol. The largest absolute Gasteiger partial charge is 0.363 e. The van der Waals surface area contributed by atoms with Gasteiger partial charge in [0.25, 0.3) is 5.91 Å². The van der Waals surface area contributed by atoms with Crippen molar-refractivity contribution in [3.05, 3.63) is 49.1 Å². The zero-order chi connectivity index (χ0) is 16.2. The minimum absolute atomic E-state index is 0.232. The number of nitrogens with one attached hydrogen (secondary N) is 1. The van der Waals surface area contributed by atoms with E-state index in [0.29, 0.717) is 18.7 Å². The Balaban J connectivity index is 0.00000116. The Hall–Kier alpha value is -2.14. The number of oxime groups is 1. The fourth-order valence-electron chi connectivity index (χ4n) is 2.00. The highest BCUT2D eigenvalue weighted by Crippen LogP contribution is 2.14. The standard InChI is InChI=1S/C15H20N2O3.C2H4/c1-16-15(18)13(11-12-7-3-2-4-8-12)17-20-14-9-5-6-10-19-14;1-2/h2-4,7-8,14H,5-6,9-11H2,1H3,(H,16,18);1-2H2/b17-13-;. The van der Waals surface area contributed by atoms with Crippen LogP contribution < -0.4 is 5.32 Å². The third-order valence-electron chi connectivity index (χ3n) is 3.12. The third-order valence-corrected chi connectivity index (χ3v) is 3.12. The number of carbonyl (C=O) groups excluding carboxylic acids is 1. The number of benzene rings is 1. The Kier molecular flexibility index (Phi) is 8.60. The molecule has 120 valence electrons. The van der Waals surface area contributed by atoms with E-state index < -0.39 is 0 Å². The van der Waals surface area contributed by atoms with Crippen molar-refractivity contribution in [3.8, 4) is 0 Å². The van der Waals surface area contributed by atoms with Gasteiger partial charge < -0.3 is 14.9 Å². The molecule has 0 aliphatic carbocycles. The van der Waals surface area contributed by atoms with Crippen LogP contribution in [0.15, 0.2) is 48.6 Å². The number of ether oxygens (including phenoxy) is 1. The van der Waals surface area contributed by atoms with E-state index >= 15 is 0 Å². The normalized spacial score (nSPS) is 17.9. The van der Waals surface area contributed by atoms with E-state index in [1.807, 2.05) is 30.3 Å². The fourth-order valence-corrected chi connectivity index (χ4v) is 2.00. The van der Waals surface area contributed by atoms with Gasteiger partial charge in [0, 0.05) is 19.9 Å². The van der Waals surface area contributed by atoms with Crippen molar-refractivity contribution < 1.29 is 14.4 Å². The maximum atomic E-state index is 11.8. The maximum Gasteiger partial charge on any atom is 0.269 e. The topological polar surface area (TPSA) is 59.9 Å². The fraction of sp³-hybridized carbons (Fsp3) is 0.412. The van der Waals surface area contributed by atoms with Crippen LogP contribution in [0.2, 0.25) is 0 Å². The molecule has 1 heterocycles. The number of rotatable bonds is 5. The van der Waals surface area contributed by atoms with Crippen molar-refractivity contribution in [3.63, 3.8) is 0 Å². The van der Waals surface area contributed by atoms with Crippen LogP contribution in [0.1, 0.15) is 24.8 Å². The summed E-state index contributed by atoms with van der Waals surface area (Å²) in [6.45, 7) is 6.69. The van der Waals surface area contributed by atoms with Crippen molar-refractivity contribution in [2.24, 2.45) is 5.16 Å². The molecule has 0 aromatic heterocycles. The van der Waals surface area contributed by atoms with Crippen LogP contribution in [0.25, 0.3) is 0 Å². The molecule has 22 heavy (non-hydrogen) atoms. The summed E-state index contributed by atoms with van der Waals surface area (Å²) in [7, 11) is 1.58. The van der Waals surface area contributed by atoms with Crippen LogP contribution in [-0.2, 0) is 20.8 Å². The molecular weight excluding hydrogens is 280 g/mol.